The molecule has 1 fully saturated rings. The molecule has 1 N–H and O–H groups in total. The van der Waals surface area contributed by atoms with Crippen molar-refractivity contribution in [3.63, 3.8) is 0 Å². The van der Waals surface area contributed by atoms with E-state index in [9.17, 15) is 14.0 Å². The average molecular weight is 408 g/mol. The van der Waals surface area contributed by atoms with E-state index >= 15 is 0 Å². The largest absolute Gasteiger partial charge is 0.352 e. The fourth-order valence-electron chi connectivity index (χ4n) is 3.96. The van der Waals surface area contributed by atoms with Gasteiger partial charge in [0.05, 0.1) is 17.2 Å². The Morgan fingerprint density at radius 1 is 1.17 bits per heavy atom. The summed E-state index contributed by atoms with van der Waals surface area (Å²) in [6.45, 7) is 4.37. The molecule has 1 aromatic heterocycles. The molecule has 1 saturated heterocycles. The minimum Gasteiger partial charge on any atom is -0.352 e. The Morgan fingerprint density at radius 3 is 2.63 bits per heavy atom. The molecule has 1 aliphatic heterocycles. The minimum absolute atomic E-state index is 0.0362. The summed E-state index contributed by atoms with van der Waals surface area (Å²) in [7, 11) is 0. The number of carbonyl (C=O) groups excluding carboxylic acids is 1. The van der Waals surface area contributed by atoms with Crippen molar-refractivity contribution in [2.75, 3.05) is 13.1 Å². The van der Waals surface area contributed by atoms with Gasteiger partial charge in [-0.05, 0) is 49.1 Å². The van der Waals surface area contributed by atoms with Crippen molar-refractivity contribution in [3.8, 4) is 0 Å². The Labute approximate surface area is 174 Å². The van der Waals surface area contributed by atoms with E-state index in [1.807, 2.05) is 19.1 Å². The van der Waals surface area contributed by atoms with Crippen molar-refractivity contribution in [3.05, 3.63) is 76.1 Å². The number of likely N-dealkylation sites (tertiary alicyclic amines) is 1. The lowest BCUT2D eigenvalue weighted by Gasteiger charge is -2.32. The third-order valence-electron chi connectivity index (χ3n) is 5.64. The number of nitrogens with zero attached hydrogens (tertiary/aromatic N) is 3. The van der Waals surface area contributed by atoms with Crippen LogP contribution in [0.3, 0.4) is 0 Å². The predicted octanol–water partition coefficient (Wildman–Crippen LogP) is 2.62. The molecular formula is C23H25FN4O2. The standard InChI is InChI=1S/C23H25FN4O2/c1-16-3-2-4-20-22(16)25-15-28(23(20)30)14-21(29)26-19-9-11-27(12-10-19)13-17-5-7-18(24)8-6-17/h2-8,15,19H,9-14H2,1H3,(H,26,29). The number of carbonyl (C=O) groups is 1. The zero-order chi connectivity index (χ0) is 21.1. The summed E-state index contributed by atoms with van der Waals surface area (Å²) in [5.74, 6) is -0.404. The summed E-state index contributed by atoms with van der Waals surface area (Å²) in [6.07, 6.45) is 3.14. The van der Waals surface area contributed by atoms with Crippen molar-refractivity contribution in [1.29, 1.82) is 0 Å². The fraction of sp³-hybridized carbons (Fsp3) is 0.348. The van der Waals surface area contributed by atoms with Crippen LogP contribution in [0.2, 0.25) is 0 Å². The normalized spacial score (nSPS) is 15.4. The molecule has 0 spiro atoms. The number of rotatable bonds is 5. The zero-order valence-electron chi connectivity index (χ0n) is 17.0. The van der Waals surface area contributed by atoms with E-state index in [2.05, 4.69) is 15.2 Å². The molecule has 30 heavy (non-hydrogen) atoms. The van der Waals surface area contributed by atoms with E-state index in [4.69, 9.17) is 0 Å². The molecule has 0 saturated carbocycles. The Morgan fingerprint density at radius 2 is 1.90 bits per heavy atom. The summed E-state index contributed by atoms with van der Waals surface area (Å²) in [4.78, 5) is 31.8. The van der Waals surface area contributed by atoms with Gasteiger partial charge in [-0.25, -0.2) is 9.37 Å². The number of fused-ring (bicyclic) bond motifs is 1. The molecule has 4 rings (SSSR count). The molecule has 6 nitrogen and oxygen atoms in total. The number of amides is 1. The zero-order valence-corrected chi connectivity index (χ0v) is 17.0. The van der Waals surface area contributed by atoms with E-state index in [0.29, 0.717) is 10.9 Å². The molecule has 3 aromatic rings. The average Bonchev–Trinajstić information content (AvgIpc) is 2.74. The maximum absolute atomic E-state index is 13.0. The van der Waals surface area contributed by atoms with Crippen LogP contribution in [-0.2, 0) is 17.9 Å². The summed E-state index contributed by atoms with van der Waals surface area (Å²) in [5, 5.41) is 3.57. The van der Waals surface area contributed by atoms with Gasteiger partial charge >= 0.3 is 0 Å². The molecule has 0 atom stereocenters. The van der Waals surface area contributed by atoms with Crippen LogP contribution in [0.1, 0.15) is 24.0 Å². The van der Waals surface area contributed by atoms with Gasteiger partial charge in [0.2, 0.25) is 5.91 Å². The number of para-hydroxylation sites is 1. The number of aromatic nitrogens is 2. The van der Waals surface area contributed by atoms with Crippen LogP contribution < -0.4 is 10.9 Å². The van der Waals surface area contributed by atoms with Gasteiger partial charge < -0.3 is 5.32 Å². The van der Waals surface area contributed by atoms with Gasteiger partial charge in [0.15, 0.2) is 0 Å². The second kappa shape index (κ2) is 8.75. The lowest BCUT2D eigenvalue weighted by molar-refractivity contribution is -0.122. The van der Waals surface area contributed by atoms with Gasteiger partial charge in [0, 0.05) is 25.7 Å². The van der Waals surface area contributed by atoms with Crippen LogP contribution in [0, 0.1) is 12.7 Å². The van der Waals surface area contributed by atoms with E-state index in [1.54, 1.807) is 18.2 Å². The Hall–Kier alpha value is -3.06. The maximum Gasteiger partial charge on any atom is 0.261 e. The smallest absolute Gasteiger partial charge is 0.261 e. The third-order valence-corrected chi connectivity index (χ3v) is 5.64. The maximum atomic E-state index is 13.0. The van der Waals surface area contributed by atoms with Gasteiger partial charge in [0.25, 0.3) is 5.56 Å². The number of hydrogen-bond donors (Lipinski definition) is 1. The van der Waals surface area contributed by atoms with Crippen LogP contribution in [0.5, 0.6) is 0 Å². The lowest BCUT2D eigenvalue weighted by atomic mass is 10.0. The third kappa shape index (κ3) is 4.57. The molecular weight excluding hydrogens is 383 g/mol. The summed E-state index contributed by atoms with van der Waals surface area (Å²) in [6, 6.07) is 12.1. The van der Waals surface area contributed by atoms with Gasteiger partial charge in [-0.1, -0.05) is 24.3 Å². The minimum atomic E-state index is -0.226. The fourth-order valence-corrected chi connectivity index (χ4v) is 3.96. The van der Waals surface area contributed by atoms with Crippen molar-refractivity contribution in [2.24, 2.45) is 0 Å². The molecule has 1 amide bonds. The first-order valence-electron chi connectivity index (χ1n) is 10.2. The topological polar surface area (TPSA) is 67.2 Å². The second-order valence-corrected chi connectivity index (χ2v) is 7.89. The Bertz CT molecular complexity index is 1100. The van der Waals surface area contributed by atoms with Crippen LogP contribution in [0.4, 0.5) is 4.39 Å². The summed E-state index contributed by atoms with van der Waals surface area (Å²) >= 11 is 0. The molecule has 0 unspecified atom stereocenters. The van der Waals surface area contributed by atoms with Gasteiger partial charge in [0.1, 0.15) is 12.4 Å². The van der Waals surface area contributed by atoms with E-state index in [1.165, 1.54) is 23.0 Å². The molecule has 2 heterocycles. The number of benzene rings is 2. The molecule has 2 aromatic carbocycles. The number of halogens is 1. The SMILES string of the molecule is Cc1cccc2c(=O)n(CC(=O)NC3CCN(Cc4ccc(F)cc4)CC3)cnc12. The van der Waals surface area contributed by atoms with Crippen molar-refractivity contribution in [2.45, 2.75) is 38.9 Å². The highest BCUT2D eigenvalue weighted by Gasteiger charge is 2.21. The van der Waals surface area contributed by atoms with Crippen LogP contribution in [-0.4, -0.2) is 39.5 Å². The monoisotopic (exact) mass is 408 g/mol. The highest BCUT2D eigenvalue weighted by molar-refractivity contribution is 5.81. The first-order valence-corrected chi connectivity index (χ1v) is 10.2. The van der Waals surface area contributed by atoms with E-state index in [-0.39, 0.29) is 29.9 Å². The number of piperidine rings is 1. The number of aryl methyl sites for hydroxylation is 1. The number of hydrogen-bond acceptors (Lipinski definition) is 4. The second-order valence-electron chi connectivity index (χ2n) is 7.89. The summed E-state index contributed by atoms with van der Waals surface area (Å²) in [5.41, 5.74) is 2.49. The molecule has 0 aliphatic carbocycles. The van der Waals surface area contributed by atoms with Crippen LogP contribution in [0.25, 0.3) is 10.9 Å². The first-order chi connectivity index (χ1) is 14.5. The van der Waals surface area contributed by atoms with Gasteiger partial charge in [-0.3, -0.25) is 19.1 Å². The summed E-state index contributed by atoms with van der Waals surface area (Å²) < 4.78 is 14.4. The van der Waals surface area contributed by atoms with E-state index in [0.717, 1.165) is 43.6 Å². The van der Waals surface area contributed by atoms with Crippen LogP contribution >= 0.6 is 0 Å². The molecule has 0 radical (unpaired) electrons. The quantitative estimate of drug-likeness (QED) is 0.705. The van der Waals surface area contributed by atoms with Crippen molar-refractivity contribution in [1.82, 2.24) is 19.8 Å². The van der Waals surface area contributed by atoms with Gasteiger partial charge in [-0.15, -0.1) is 0 Å². The Kier molecular flexibility index (Phi) is 5.90. The number of nitrogens with one attached hydrogen (secondary N) is 1. The highest BCUT2D eigenvalue weighted by atomic mass is 19.1. The first kappa shape index (κ1) is 20.2. The molecule has 0 bridgehead atoms. The predicted molar refractivity (Wildman–Crippen MR) is 114 cm³/mol. The van der Waals surface area contributed by atoms with Crippen molar-refractivity contribution < 1.29 is 9.18 Å². The molecule has 1 aliphatic rings. The molecule has 156 valence electrons. The van der Waals surface area contributed by atoms with E-state index < -0.39 is 0 Å². The highest BCUT2D eigenvalue weighted by Crippen LogP contribution is 2.15. The van der Waals surface area contributed by atoms with Gasteiger partial charge in [-0.2, -0.15) is 0 Å². The Balaban J connectivity index is 1.31. The molecule has 7 heteroatoms. The van der Waals surface area contributed by atoms with Crippen LogP contribution in [0.15, 0.2) is 53.6 Å². The lowest BCUT2D eigenvalue weighted by Crippen LogP contribution is -2.45. The van der Waals surface area contributed by atoms with Crippen molar-refractivity contribution >= 4 is 16.8 Å².